The van der Waals surface area contributed by atoms with E-state index in [2.05, 4.69) is 17.1 Å². The van der Waals surface area contributed by atoms with Crippen molar-refractivity contribution < 1.29 is 19.4 Å². The Hall–Kier alpha value is -2.60. The van der Waals surface area contributed by atoms with Gasteiger partial charge >= 0.3 is 5.97 Å². The maximum Gasteiger partial charge on any atom is 0.340 e. The van der Waals surface area contributed by atoms with Gasteiger partial charge in [0.2, 0.25) is 0 Å². The monoisotopic (exact) mass is 398 g/mol. The predicted octanol–water partition coefficient (Wildman–Crippen LogP) is 3.27. The molecule has 0 atom stereocenters. The molecule has 1 fully saturated rings. The lowest BCUT2D eigenvalue weighted by atomic mass is 9.74. The Morgan fingerprint density at radius 3 is 2.41 bits per heavy atom. The fourth-order valence-corrected chi connectivity index (χ4v) is 4.24. The molecule has 0 bridgehead atoms. The molecule has 1 saturated heterocycles. The molecular formula is C23H30N2O4. The number of amides is 1. The number of aromatic nitrogens is 1. The van der Waals surface area contributed by atoms with Gasteiger partial charge in [-0.1, -0.05) is 30.3 Å². The number of hydrogen-bond acceptors (Lipinski definition) is 4. The van der Waals surface area contributed by atoms with Gasteiger partial charge in [-0.2, -0.15) is 0 Å². The van der Waals surface area contributed by atoms with E-state index in [0.717, 1.165) is 19.3 Å². The number of piperidine rings is 1. The molecule has 1 aromatic carbocycles. The number of aliphatic hydroxyl groups is 1. The number of ether oxygens (including phenoxy) is 1. The summed E-state index contributed by atoms with van der Waals surface area (Å²) in [5, 5.41) is 10.1. The van der Waals surface area contributed by atoms with Gasteiger partial charge in [-0.25, -0.2) is 4.79 Å². The van der Waals surface area contributed by atoms with E-state index in [1.54, 1.807) is 20.8 Å². The summed E-state index contributed by atoms with van der Waals surface area (Å²) in [5.41, 5.74) is 3.18. The first kappa shape index (κ1) is 21.1. The van der Waals surface area contributed by atoms with Crippen LogP contribution in [0.3, 0.4) is 0 Å². The Kier molecular flexibility index (Phi) is 6.42. The third-order valence-corrected chi connectivity index (χ3v) is 6.00. The standard InChI is InChI=1S/C23H30N2O4/c1-4-29-22(28)19-16(2)20(24-17(19)3)21(27)25-12-10-23(15-26,11-13-25)14-18-8-6-5-7-9-18/h5-9,24,26H,4,10-15H2,1-3H3. The molecule has 1 aliphatic rings. The minimum atomic E-state index is -0.404. The Morgan fingerprint density at radius 2 is 1.83 bits per heavy atom. The van der Waals surface area contributed by atoms with Gasteiger partial charge in [-0.15, -0.1) is 0 Å². The van der Waals surface area contributed by atoms with Crippen molar-refractivity contribution in [2.45, 2.75) is 40.0 Å². The lowest BCUT2D eigenvalue weighted by Gasteiger charge is -2.41. The molecule has 2 heterocycles. The average Bonchev–Trinajstić information content (AvgIpc) is 3.03. The molecular weight excluding hydrogens is 368 g/mol. The van der Waals surface area contributed by atoms with Gasteiger partial charge in [-0.05, 0) is 51.2 Å². The van der Waals surface area contributed by atoms with Crippen LogP contribution in [-0.4, -0.2) is 53.2 Å². The van der Waals surface area contributed by atoms with Crippen molar-refractivity contribution in [1.29, 1.82) is 0 Å². The number of aryl methyl sites for hydroxylation is 1. The highest BCUT2D eigenvalue weighted by Crippen LogP contribution is 2.35. The second-order valence-corrected chi connectivity index (χ2v) is 7.96. The van der Waals surface area contributed by atoms with E-state index >= 15 is 0 Å². The Labute approximate surface area is 171 Å². The van der Waals surface area contributed by atoms with Crippen molar-refractivity contribution in [3.8, 4) is 0 Å². The third-order valence-electron chi connectivity index (χ3n) is 6.00. The highest BCUT2D eigenvalue weighted by atomic mass is 16.5. The summed E-state index contributed by atoms with van der Waals surface area (Å²) in [6, 6.07) is 10.2. The smallest absolute Gasteiger partial charge is 0.340 e. The second-order valence-electron chi connectivity index (χ2n) is 7.96. The van der Waals surface area contributed by atoms with Crippen LogP contribution in [0.5, 0.6) is 0 Å². The molecule has 1 amide bonds. The maximum absolute atomic E-state index is 13.1. The van der Waals surface area contributed by atoms with Crippen molar-refractivity contribution in [2.24, 2.45) is 5.41 Å². The van der Waals surface area contributed by atoms with Crippen molar-refractivity contribution in [1.82, 2.24) is 9.88 Å². The van der Waals surface area contributed by atoms with Gasteiger partial charge in [-0.3, -0.25) is 4.79 Å². The quantitative estimate of drug-likeness (QED) is 0.732. The average molecular weight is 399 g/mol. The van der Waals surface area contributed by atoms with Crippen LogP contribution in [0.25, 0.3) is 0 Å². The SMILES string of the molecule is CCOC(=O)c1c(C)[nH]c(C(=O)N2CCC(CO)(Cc3ccccc3)CC2)c1C. The fourth-order valence-electron chi connectivity index (χ4n) is 4.24. The van der Waals surface area contributed by atoms with E-state index < -0.39 is 5.97 Å². The van der Waals surface area contributed by atoms with Crippen molar-refractivity contribution >= 4 is 11.9 Å². The molecule has 3 rings (SSSR count). The number of aromatic amines is 1. The molecule has 6 heteroatoms. The lowest BCUT2D eigenvalue weighted by molar-refractivity contribution is 0.0354. The number of likely N-dealkylation sites (tertiary alicyclic amines) is 1. The van der Waals surface area contributed by atoms with Crippen LogP contribution in [0.4, 0.5) is 0 Å². The van der Waals surface area contributed by atoms with E-state index in [1.807, 2.05) is 23.1 Å². The number of H-pyrrole nitrogens is 1. The van der Waals surface area contributed by atoms with E-state index in [0.29, 0.717) is 42.2 Å². The number of benzene rings is 1. The number of nitrogens with zero attached hydrogens (tertiary/aromatic N) is 1. The normalized spacial score (nSPS) is 15.9. The molecule has 1 aliphatic heterocycles. The highest BCUT2D eigenvalue weighted by Gasteiger charge is 2.36. The lowest BCUT2D eigenvalue weighted by Crippen LogP contribution is -2.45. The third kappa shape index (κ3) is 4.37. The van der Waals surface area contributed by atoms with Gasteiger partial charge in [0.1, 0.15) is 5.69 Å². The van der Waals surface area contributed by atoms with E-state index in [1.165, 1.54) is 5.56 Å². The van der Waals surface area contributed by atoms with Crippen LogP contribution in [0.2, 0.25) is 0 Å². The Balaban J connectivity index is 1.71. The summed E-state index contributed by atoms with van der Waals surface area (Å²) in [5.74, 6) is -0.508. The Morgan fingerprint density at radius 1 is 1.17 bits per heavy atom. The first-order chi connectivity index (χ1) is 13.9. The van der Waals surface area contributed by atoms with Gasteiger partial charge in [0.25, 0.3) is 5.91 Å². The van der Waals surface area contributed by atoms with E-state index in [-0.39, 0.29) is 17.9 Å². The van der Waals surface area contributed by atoms with Gasteiger partial charge in [0, 0.05) is 30.8 Å². The molecule has 0 radical (unpaired) electrons. The first-order valence-electron chi connectivity index (χ1n) is 10.2. The van der Waals surface area contributed by atoms with Crippen molar-refractivity contribution in [2.75, 3.05) is 26.3 Å². The number of esters is 1. The van der Waals surface area contributed by atoms with E-state index in [4.69, 9.17) is 4.74 Å². The zero-order valence-corrected chi connectivity index (χ0v) is 17.5. The highest BCUT2D eigenvalue weighted by molar-refractivity contribution is 6.00. The van der Waals surface area contributed by atoms with Crippen LogP contribution in [0.1, 0.15) is 57.4 Å². The zero-order chi connectivity index (χ0) is 21.0. The molecule has 0 aliphatic carbocycles. The summed E-state index contributed by atoms with van der Waals surface area (Å²) in [6.45, 7) is 6.89. The number of aliphatic hydroxyl groups excluding tert-OH is 1. The number of hydrogen-bond donors (Lipinski definition) is 2. The summed E-state index contributed by atoms with van der Waals surface area (Å²) < 4.78 is 5.11. The van der Waals surface area contributed by atoms with Crippen molar-refractivity contribution in [3.63, 3.8) is 0 Å². The van der Waals surface area contributed by atoms with Gasteiger partial charge < -0.3 is 19.7 Å². The molecule has 156 valence electrons. The number of carbonyl (C=O) groups excluding carboxylic acids is 2. The summed E-state index contributed by atoms with van der Waals surface area (Å²) in [4.78, 5) is 30.2. The Bertz CT molecular complexity index is 865. The molecule has 6 nitrogen and oxygen atoms in total. The van der Waals surface area contributed by atoms with Gasteiger partial charge in [0.05, 0.1) is 12.2 Å². The molecule has 0 saturated carbocycles. The summed E-state index contributed by atoms with van der Waals surface area (Å²) in [7, 11) is 0. The fraction of sp³-hybridized carbons (Fsp3) is 0.478. The molecule has 1 aromatic heterocycles. The molecule has 0 unspecified atom stereocenters. The number of nitrogens with one attached hydrogen (secondary N) is 1. The minimum Gasteiger partial charge on any atom is -0.462 e. The largest absolute Gasteiger partial charge is 0.462 e. The van der Waals surface area contributed by atoms with Crippen LogP contribution in [-0.2, 0) is 11.2 Å². The predicted molar refractivity (Wildman–Crippen MR) is 111 cm³/mol. The first-order valence-corrected chi connectivity index (χ1v) is 10.2. The molecule has 29 heavy (non-hydrogen) atoms. The zero-order valence-electron chi connectivity index (χ0n) is 17.5. The maximum atomic E-state index is 13.1. The minimum absolute atomic E-state index is 0.104. The molecule has 2 aromatic rings. The van der Waals surface area contributed by atoms with Crippen LogP contribution < -0.4 is 0 Å². The second kappa shape index (κ2) is 8.82. The topological polar surface area (TPSA) is 82.6 Å². The molecule has 0 spiro atoms. The summed E-state index contributed by atoms with van der Waals surface area (Å²) in [6.07, 6.45) is 2.29. The number of rotatable bonds is 6. The van der Waals surface area contributed by atoms with Crippen LogP contribution in [0, 0.1) is 19.3 Å². The van der Waals surface area contributed by atoms with E-state index in [9.17, 15) is 14.7 Å². The van der Waals surface area contributed by atoms with Crippen molar-refractivity contribution in [3.05, 3.63) is 58.4 Å². The van der Waals surface area contributed by atoms with Crippen LogP contribution >= 0.6 is 0 Å². The molecule has 2 N–H and O–H groups in total. The van der Waals surface area contributed by atoms with Crippen LogP contribution in [0.15, 0.2) is 30.3 Å². The number of carbonyl (C=O) groups is 2. The van der Waals surface area contributed by atoms with Gasteiger partial charge in [0.15, 0.2) is 0 Å². The summed E-state index contributed by atoms with van der Waals surface area (Å²) >= 11 is 0.